The first-order valence-electron chi connectivity index (χ1n) is 7.96. The molecular weight excluding hydrogens is 330 g/mol. The number of carbonyl (C=O) groups excluding carboxylic acids is 1. The average molecular weight is 347 g/mol. The minimum absolute atomic E-state index is 0.00899. The van der Waals surface area contributed by atoms with Crippen LogP contribution >= 0.6 is 0 Å². The highest BCUT2D eigenvalue weighted by molar-refractivity contribution is 7.90. The van der Waals surface area contributed by atoms with Crippen molar-refractivity contribution >= 4 is 15.9 Å². The monoisotopic (exact) mass is 347 g/mol. The molecule has 0 saturated heterocycles. The number of hydrogen-bond acceptors (Lipinski definition) is 6. The standard InChI is InChI=1S/C16H17N3O4S/c20-15(14-7-10-4-5-11(14)6-10)19-24(21,22)13-3-1-2-12(8-13)16-18-17-9-23-16/h1-3,8-11,14H,4-7H2,(H,19,20). The Kier molecular flexibility index (Phi) is 3.64. The van der Waals surface area contributed by atoms with Gasteiger partial charge in [0.15, 0.2) is 0 Å². The quantitative estimate of drug-likeness (QED) is 0.907. The lowest BCUT2D eigenvalue weighted by atomic mass is 9.88. The lowest BCUT2D eigenvalue weighted by Crippen LogP contribution is -2.37. The highest BCUT2D eigenvalue weighted by Gasteiger charge is 2.43. The van der Waals surface area contributed by atoms with Gasteiger partial charge in [-0.3, -0.25) is 4.79 Å². The van der Waals surface area contributed by atoms with Crippen molar-refractivity contribution in [1.29, 1.82) is 0 Å². The minimum atomic E-state index is -3.92. The number of amides is 1. The Labute approximate surface area is 139 Å². The van der Waals surface area contributed by atoms with Crippen molar-refractivity contribution in [2.45, 2.75) is 30.6 Å². The number of fused-ring (bicyclic) bond motifs is 2. The fourth-order valence-corrected chi connectivity index (χ4v) is 5.00. The van der Waals surface area contributed by atoms with Gasteiger partial charge in [-0.05, 0) is 49.3 Å². The molecule has 1 aromatic heterocycles. The molecular formula is C16H17N3O4S. The molecule has 1 N–H and O–H groups in total. The fourth-order valence-electron chi connectivity index (χ4n) is 3.93. The largest absolute Gasteiger partial charge is 0.423 e. The Balaban J connectivity index is 1.55. The number of nitrogens with zero attached hydrogens (tertiary/aromatic N) is 2. The van der Waals surface area contributed by atoms with Crippen LogP contribution in [-0.4, -0.2) is 24.5 Å². The molecule has 0 radical (unpaired) electrons. The third-order valence-electron chi connectivity index (χ3n) is 5.06. The molecule has 2 bridgehead atoms. The molecule has 126 valence electrons. The van der Waals surface area contributed by atoms with Gasteiger partial charge in [-0.1, -0.05) is 12.5 Å². The second kappa shape index (κ2) is 5.70. The second-order valence-electron chi connectivity index (χ2n) is 6.52. The summed E-state index contributed by atoms with van der Waals surface area (Å²) in [5.74, 6) is 0.568. The van der Waals surface area contributed by atoms with Crippen molar-refractivity contribution in [1.82, 2.24) is 14.9 Å². The van der Waals surface area contributed by atoms with Crippen molar-refractivity contribution in [3.8, 4) is 11.5 Å². The Bertz CT molecular complexity index is 863. The lowest BCUT2D eigenvalue weighted by Gasteiger charge is -2.20. The first kappa shape index (κ1) is 15.3. The van der Waals surface area contributed by atoms with E-state index in [1.54, 1.807) is 12.1 Å². The molecule has 2 fully saturated rings. The van der Waals surface area contributed by atoms with Crippen molar-refractivity contribution in [3.63, 3.8) is 0 Å². The smallest absolute Gasteiger partial charge is 0.264 e. The zero-order chi connectivity index (χ0) is 16.7. The Morgan fingerprint density at radius 2 is 2.12 bits per heavy atom. The first-order valence-corrected chi connectivity index (χ1v) is 9.44. The maximum absolute atomic E-state index is 12.5. The van der Waals surface area contributed by atoms with Gasteiger partial charge in [0.2, 0.25) is 18.2 Å². The molecule has 3 atom stereocenters. The topological polar surface area (TPSA) is 102 Å². The zero-order valence-electron chi connectivity index (χ0n) is 12.9. The normalized spacial score (nSPS) is 25.8. The maximum atomic E-state index is 12.5. The van der Waals surface area contributed by atoms with E-state index in [2.05, 4.69) is 14.9 Å². The van der Waals surface area contributed by atoms with Gasteiger partial charge in [-0.15, -0.1) is 10.2 Å². The van der Waals surface area contributed by atoms with E-state index in [9.17, 15) is 13.2 Å². The first-order chi connectivity index (χ1) is 11.5. The molecule has 8 heteroatoms. The van der Waals surface area contributed by atoms with E-state index >= 15 is 0 Å². The number of benzene rings is 1. The predicted octanol–water partition coefficient (Wildman–Crippen LogP) is 1.98. The van der Waals surface area contributed by atoms with Crippen LogP contribution in [0.4, 0.5) is 0 Å². The van der Waals surface area contributed by atoms with E-state index in [0.717, 1.165) is 25.7 Å². The van der Waals surface area contributed by atoms with E-state index < -0.39 is 10.0 Å². The molecule has 1 heterocycles. The van der Waals surface area contributed by atoms with Gasteiger partial charge in [0.25, 0.3) is 10.0 Å². The summed E-state index contributed by atoms with van der Waals surface area (Å²) in [4.78, 5) is 12.4. The van der Waals surface area contributed by atoms with Crippen LogP contribution in [0.2, 0.25) is 0 Å². The van der Waals surface area contributed by atoms with Gasteiger partial charge in [-0.25, -0.2) is 13.1 Å². The van der Waals surface area contributed by atoms with E-state index in [4.69, 9.17) is 4.42 Å². The van der Waals surface area contributed by atoms with Crippen molar-refractivity contribution < 1.29 is 17.6 Å². The summed E-state index contributed by atoms with van der Waals surface area (Å²) in [5.41, 5.74) is 0.489. The van der Waals surface area contributed by atoms with Gasteiger partial charge in [0.1, 0.15) is 0 Å². The summed E-state index contributed by atoms with van der Waals surface area (Å²) in [6.45, 7) is 0. The number of carbonyl (C=O) groups is 1. The third kappa shape index (κ3) is 2.71. The molecule has 2 saturated carbocycles. The summed E-state index contributed by atoms with van der Waals surface area (Å²) in [5, 5.41) is 7.34. The number of hydrogen-bond donors (Lipinski definition) is 1. The molecule has 1 amide bonds. The van der Waals surface area contributed by atoms with Gasteiger partial charge in [-0.2, -0.15) is 0 Å². The molecule has 2 aliphatic rings. The molecule has 1 aromatic carbocycles. The summed E-state index contributed by atoms with van der Waals surface area (Å²) in [6.07, 6.45) is 5.20. The molecule has 0 spiro atoms. The number of sulfonamides is 1. The van der Waals surface area contributed by atoms with Crippen LogP contribution < -0.4 is 4.72 Å². The molecule has 4 rings (SSSR count). The molecule has 2 aliphatic carbocycles. The third-order valence-corrected chi connectivity index (χ3v) is 6.41. The molecule has 7 nitrogen and oxygen atoms in total. The van der Waals surface area contributed by atoms with E-state index in [-0.39, 0.29) is 22.6 Å². The summed E-state index contributed by atoms with van der Waals surface area (Å²) in [6, 6.07) is 6.11. The van der Waals surface area contributed by atoms with Crippen molar-refractivity contribution in [2.24, 2.45) is 17.8 Å². The summed E-state index contributed by atoms with van der Waals surface area (Å²) >= 11 is 0. The van der Waals surface area contributed by atoms with Crippen LogP contribution in [0.25, 0.3) is 11.5 Å². The van der Waals surface area contributed by atoms with Crippen LogP contribution in [0.1, 0.15) is 25.7 Å². The van der Waals surface area contributed by atoms with Gasteiger partial charge in [0, 0.05) is 11.5 Å². The zero-order valence-corrected chi connectivity index (χ0v) is 13.7. The Hall–Kier alpha value is -2.22. The Morgan fingerprint density at radius 3 is 2.79 bits per heavy atom. The molecule has 0 aliphatic heterocycles. The Morgan fingerprint density at radius 1 is 1.25 bits per heavy atom. The van der Waals surface area contributed by atoms with Crippen LogP contribution in [-0.2, 0) is 14.8 Å². The number of rotatable bonds is 4. The molecule has 24 heavy (non-hydrogen) atoms. The highest BCUT2D eigenvalue weighted by atomic mass is 32.2. The lowest BCUT2D eigenvalue weighted by molar-refractivity contribution is -0.124. The maximum Gasteiger partial charge on any atom is 0.264 e. The predicted molar refractivity (Wildman–Crippen MR) is 84.0 cm³/mol. The number of aromatic nitrogens is 2. The average Bonchev–Trinajstić information content (AvgIpc) is 3.32. The van der Waals surface area contributed by atoms with Crippen LogP contribution in [0.15, 0.2) is 40.0 Å². The SMILES string of the molecule is O=C(NS(=O)(=O)c1cccc(-c2nnco2)c1)C1CC2CCC1C2. The van der Waals surface area contributed by atoms with E-state index in [1.807, 2.05) is 0 Å². The summed E-state index contributed by atoms with van der Waals surface area (Å²) < 4.78 is 32.4. The second-order valence-corrected chi connectivity index (χ2v) is 8.21. The molecule has 2 aromatic rings. The van der Waals surface area contributed by atoms with Crippen molar-refractivity contribution in [2.75, 3.05) is 0 Å². The van der Waals surface area contributed by atoms with Gasteiger partial charge in [0.05, 0.1) is 4.90 Å². The molecule has 3 unspecified atom stereocenters. The fraction of sp³-hybridized carbons (Fsp3) is 0.438. The van der Waals surface area contributed by atoms with Gasteiger partial charge >= 0.3 is 0 Å². The van der Waals surface area contributed by atoms with Crippen LogP contribution in [0, 0.1) is 17.8 Å². The minimum Gasteiger partial charge on any atom is -0.423 e. The van der Waals surface area contributed by atoms with E-state index in [0.29, 0.717) is 17.4 Å². The van der Waals surface area contributed by atoms with Crippen LogP contribution in [0.3, 0.4) is 0 Å². The van der Waals surface area contributed by atoms with Gasteiger partial charge < -0.3 is 4.42 Å². The van der Waals surface area contributed by atoms with Crippen molar-refractivity contribution in [3.05, 3.63) is 30.7 Å². The summed E-state index contributed by atoms with van der Waals surface area (Å²) in [7, 11) is -3.92. The van der Waals surface area contributed by atoms with E-state index in [1.165, 1.54) is 18.5 Å². The van der Waals surface area contributed by atoms with Crippen LogP contribution in [0.5, 0.6) is 0 Å². The highest BCUT2D eigenvalue weighted by Crippen LogP contribution is 2.48. The number of nitrogens with one attached hydrogen (secondary N) is 1.